The molecule has 0 aliphatic carbocycles. The summed E-state index contributed by atoms with van der Waals surface area (Å²) < 4.78 is 4.81. The zero-order valence-electron chi connectivity index (χ0n) is 35.6. The molecule has 0 radical (unpaired) electrons. The fourth-order valence-corrected chi connectivity index (χ4v) is 11.5. The van der Waals surface area contributed by atoms with Gasteiger partial charge in [0.2, 0.25) is 5.95 Å². The van der Waals surface area contributed by atoms with E-state index in [4.69, 9.17) is 9.97 Å². The Morgan fingerprint density at radius 2 is 0.773 bits per heavy atom. The van der Waals surface area contributed by atoms with Crippen molar-refractivity contribution in [3.8, 4) is 34.0 Å². The smallest absolute Gasteiger partial charge is 0.235 e. The number of hydrogen-bond acceptors (Lipinski definition) is 2. The summed E-state index contributed by atoms with van der Waals surface area (Å²) in [5.74, 6) is 0.649. The lowest BCUT2D eigenvalue weighted by Crippen LogP contribution is -2.03. The van der Waals surface area contributed by atoms with Crippen molar-refractivity contribution in [1.29, 1.82) is 0 Å². The number of hydrogen-bond donors (Lipinski definition) is 0. The minimum atomic E-state index is 0.649. The first-order valence-electron chi connectivity index (χ1n) is 22.7. The maximum absolute atomic E-state index is 5.57. The van der Waals surface area contributed by atoms with Gasteiger partial charge in [-0.1, -0.05) is 176 Å². The summed E-state index contributed by atoms with van der Waals surface area (Å²) in [6.45, 7) is 0. The number of para-hydroxylation sites is 3. The average Bonchev–Trinajstić information content (AvgIpc) is 3.90. The van der Waals surface area contributed by atoms with Crippen LogP contribution < -0.4 is 0 Å². The molecule has 3 heterocycles. The number of fused-ring (bicyclic) bond motifs is 12. The topological polar surface area (TPSA) is 35.6 Å². The van der Waals surface area contributed by atoms with Gasteiger partial charge in [-0.3, -0.25) is 4.57 Å². The lowest BCUT2D eigenvalue weighted by molar-refractivity contribution is 1.01. The van der Waals surface area contributed by atoms with Crippen molar-refractivity contribution in [3.63, 3.8) is 0 Å². The van der Waals surface area contributed by atoms with Gasteiger partial charge in [0, 0.05) is 37.9 Å². The Balaban J connectivity index is 1.09. The summed E-state index contributed by atoms with van der Waals surface area (Å²) in [4.78, 5) is 11.0. The van der Waals surface area contributed by atoms with Gasteiger partial charge in [-0.15, -0.1) is 0 Å². The molecular formula is C62H36N4. The van der Waals surface area contributed by atoms with E-state index in [9.17, 15) is 0 Å². The Bertz CT molecular complexity index is 4510. The predicted molar refractivity (Wildman–Crippen MR) is 278 cm³/mol. The molecule has 0 amide bonds. The summed E-state index contributed by atoms with van der Waals surface area (Å²) in [5, 5.41) is 18.4. The van der Waals surface area contributed by atoms with Crippen molar-refractivity contribution in [2.75, 3.05) is 0 Å². The second-order valence-corrected chi connectivity index (χ2v) is 17.6. The first kappa shape index (κ1) is 35.6. The van der Waals surface area contributed by atoms with Crippen molar-refractivity contribution in [2.45, 2.75) is 0 Å². The molecule has 12 aromatic carbocycles. The molecule has 0 saturated heterocycles. The number of rotatable bonds is 4. The van der Waals surface area contributed by atoms with E-state index in [1.807, 2.05) is 0 Å². The molecule has 4 heteroatoms. The standard InChI is InChI=1S/C62H36N4/c1-2-16-37(17-3-1)39-20-12-21-40(34-39)61-44-23-6-9-30-51(44)63-62(64-61)66-54-32-11-8-25-46(54)60-48-29-15-27-43-42-26-14-28-47-57(42)49(50(58(43)48)36-56(60)66)35-55-59(47)45-24-7-10-31-53(45)65(55)52-33-13-19-38-18-4-5-22-41(38)52/h1-36H. The Hall–Kier alpha value is -8.86. The number of benzene rings is 12. The van der Waals surface area contributed by atoms with Crippen LogP contribution in [0.2, 0.25) is 0 Å². The maximum Gasteiger partial charge on any atom is 0.235 e. The third-order valence-corrected chi connectivity index (χ3v) is 14.2. The quantitative estimate of drug-likeness (QED) is 0.131. The molecule has 66 heavy (non-hydrogen) atoms. The van der Waals surface area contributed by atoms with Gasteiger partial charge in [0.15, 0.2) is 0 Å². The van der Waals surface area contributed by atoms with Crippen molar-refractivity contribution in [2.24, 2.45) is 0 Å². The summed E-state index contributed by atoms with van der Waals surface area (Å²) >= 11 is 0. The molecule has 0 fully saturated rings. The molecule has 0 aliphatic rings. The highest BCUT2D eigenvalue weighted by Gasteiger charge is 2.25. The maximum atomic E-state index is 5.57. The second kappa shape index (κ2) is 13.3. The van der Waals surface area contributed by atoms with Gasteiger partial charge in [-0.05, 0) is 102 Å². The zero-order chi connectivity index (χ0) is 43.0. The summed E-state index contributed by atoms with van der Waals surface area (Å²) in [6.07, 6.45) is 0. The Morgan fingerprint density at radius 3 is 1.50 bits per heavy atom. The molecule has 304 valence electrons. The van der Waals surface area contributed by atoms with Gasteiger partial charge in [-0.25, -0.2) is 9.97 Å². The fraction of sp³-hybridized carbons (Fsp3) is 0. The number of aromatic nitrogens is 4. The highest BCUT2D eigenvalue weighted by atomic mass is 15.2. The van der Waals surface area contributed by atoms with Crippen LogP contribution >= 0.6 is 0 Å². The van der Waals surface area contributed by atoms with Gasteiger partial charge in [0.25, 0.3) is 0 Å². The van der Waals surface area contributed by atoms with Crippen molar-refractivity contribution >= 4 is 108 Å². The molecule has 15 rings (SSSR count). The molecule has 0 bridgehead atoms. The Labute approximate surface area is 378 Å². The molecule has 0 N–H and O–H groups in total. The monoisotopic (exact) mass is 836 g/mol. The highest BCUT2D eigenvalue weighted by molar-refractivity contribution is 6.41. The second-order valence-electron chi connectivity index (χ2n) is 17.6. The summed E-state index contributed by atoms with van der Waals surface area (Å²) in [7, 11) is 0. The van der Waals surface area contributed by atoms with Crippen LogP contribution in [0.15, 0.2) is 218 Å². The van der Waals surface area contributed by atoms with E-state index in [0.717, 1.165) is 38.8 Å². The van der Waals surface area contributed by atoms with Gasteiger partial charge in [-0.2, -0.15) is 0 Å². The van der Waals surface area contributed by atoms with E-state index in [0.29, 0.717) is 5.95 Å². The van der Waals surface area contributed by atoms with Crippen LogP contribution in [-0.4, -0.2) is 19.1 Å². The molecule has 0 spiro atoms. The lowest BCUT2D eigenvalue weighted by atomic mass is 9.87. The van der Waals surface area contributed by atoms with Crippen LogP contribution in [0.5, 0.6) is 0 Å². The third kappa shape index (κ3) is 4.82. The molecule has 4 nitrogen and oxygen atoms in total. The van der Waals surface area contributed by atoms with Crippen LogP contribution in [0.4, 0.5) is 0 Å². The molecule has 0 saturated carbocycles. The fourth-order valence-electron chi connectivity index (χ4n) is 11.5. The van der Waals surface area contributed by atoms with E-state index in [-0.39, 0.29) is 0 Å². The molecule has 3 aromatic heterocycles. The minimum Gasteiger partial charge on any atom is -0.309 e. The van der Waals surface area contributed by atoms with Crippen molar-refractivity contribution < 1.29 is 0 Å². The van der Waals surface area contributed by atoms with E-state index in [1.54, 1.807) is 0 Å². The Morgan fingerprint density at radius 1 is 0.273 bits per heavy atom. The van der Waals surface area contributed by atoms with Gasteiger partial charge < -0.3 is 4.57 Å². The van der Waals surface area contributed by atoms with Gasteiger partial charge in [0.1, 0.15) is 0 Å². The number of nitrogens with zero attached hydrogens (tertiary/aromatic N) is 4. The largest absolute Gasteiger partial charge is 0.309 e. The van der Waals surface area contributed by atoms with E-state index in [1.165, 1.54) is 97.7 Å². The third-order valence-electron chi connectivity index (χ3n) is 14.2. The first-order valence-corrected chi connectivity index (χ1v) is 22.7. The summed E-state index contributed by atoms with van der Waals surface area (Å²) in [5.41, 5.74) is 10.9. The average molecular weight is 837 g/mol. The van der Waals surface area contributed by atoms with Gasteiger partial charge >= 0.3 is 0 Å². The summed E-state index contributed by atoms with van der Waals surface area (Å²) in [6, 6.07) is 79.6. The van der Waals surface area contributed by atoms with E-state index in [2.05, 4.69) is 228 Å². The predicted octanol–water partition coefficient (Wildman–Crippen LogP) is 16.4. The van der Waals surface area contributed by atoms with Gasteiger partial charge in [0.05, 0.1) is 39.0 Å². The SMILES string of the molecule is c1ccc(-c2cccc(-c3nc(-n4c5ccccc5c5c6cccc7c8cccc9c8c(cc8c9c9ccccc9n8-c8cccc9ccccc89)c(cc54)c76)nc4ccccc34)c2)cc1. The van der Waals surface area contributed by atoms with Crippen LogP contribution in [0.25, 0.3) is 142 Å². The van der Waals surface area contributed by atoms with E-state index < -0.39 is 0 Å². The zero-order valence-corrected chi connectivity index (χ0v) is 35.6. The van der Waals surface area contributed by atoms with Crippen molar-refractivity contribution in [1.82, 2.24) is 19.1 Å². The molecule has 0 unspecified atom stereocenters. The van der Waals surface area contributed by atoms with Crippen LogP contribution in [-0.2, 0) is 0 Å². The first-order chi connectivity index (χ1) is 32.8. The lowest BCUT2D eigenvalue weighted by Gasteiger charge is -2.18. The molecule has 0 aliphatic heterocycles. The van der Waals surface area contributed by atoms with Crippen LogP contribution in [0.3, 0.4) is 0 Å². The molecule has 0 atom stereocenters. The minimum absolute atomic E-state index is 0.649. The highest BCUT2D eigenvalue weighted by Crippen LogP contribution is 2.49. The Kier molecular flexibility index (Phi) is 7.19. The van der Waals surface area contributed by atoms with Crippen LogP contribution in [0.1, 0.15) is 0 Å². The molecular weight excluding hydrogens is 801 g/mol. The normalized spacial score (nSPS) is 12.2. The van der Waals surface area contributed by atoms with Crippen LogP contribution in [0, 0.1) is 0 Å². The molecule has 15 aromatic rings. The van der Waals surface area contributed by atoms with Crippen molar-refractivity contribution in [3.05, 3.63) is 218 Å². The van der Waals surface area contributed by atoms with E-state index >= 15 is 0 Å².